The summed E-state index contributed by atoms with van der Waals surface area (Å²) >= 11 is 0. The predicted molar refractivity (Wildman–Crippen MR) is 75.4 cm³/mol. The fourth-order valence-corrected chi connectivity index (χ4v) is 2.84. The molecule has 6 nitrogen and oxygen atoms in total. The molecule has 3 rings (SSSR count). The highest BCUT2D eigenvalue weighted by atomic mass is 16.2. The Bertz CT molecular complexity index is 525. The second-order valence-electron chi connectivity index (χ2n) is 5.50. The number of nitrogens with zero attached hydrogens (tertiary/aromatic N) is 2. The monoisotopic (exact) mass is 274 g/mol. The van der Waals surface area contributed by atoms with Crippen molar-refractivity contribution in [3.63, 3.8) is 0 Å². The quantitative estimate of drug-likeness (QED) is 0.835. The Kier molecular flexibility index (Phi) is 3.10. The van der Waals surface area contributed by atoms with Gasteiger partial charge in [-0.1, -0.05) is 18.2 Å². The summed E-state index contributed by atoms with van der Waals surface area (Å²) in [5.74, 6) is -0.0222. The van der Waals surface area contributed by atoms with Gasteiger partial charge in [0.1, 0.15) is 0 Å². The van der Waals surface area contributed by atoms with E-state index in [-0.39, 0.29) is 17.5 Å². The van der Waals surface area contributed by atoms with Gasteiger partial charge in [-0.25, -0.2) is 4.79 Å². The molecule has 3 amide bonds. The van der Waals surface area contributed by atoms with E-state index in [0.717, 1.165) is 18.8 Å². The summed E-state index contributed by atoms with van der Waals surface area (Å²) in [5.41, 5.74) is 0.687. The molecule has 0 atom stereocenters. The van der Waals surface area contributed by atoms with Crippen LogP contribution >= 0.6 is 0 Å². The second kappa shape index (κ2) is 4.79. The zero-order chi connectivity index (χ0) is 14.2. The van der Waals surface area contributed by atoms with Crippen LogP contribution in [0.3, 0.4) is 0 Å². The molecule has 0 saturated carbocycles. The molecule has 0 radical (unpaired) electrons. The van der Waals surface area contributed by atoms with Gasteiger partial charge in [0.2, 0.25) is 5.91 Å². The van der Waals surface area contributed by atoms with Crippen LogP contribution < -0.4 is 10.6 Å². The molecule has 20 heavy (non-hydrogen) atoms. The standard InChI is InChI=1S/C14H18N4O2/c1-17-13(20)15-8-14(17)9-18(10-14)7-12(19)16-11-5-3-2-4-6-11/h2-6H,7-10H2,1H3,(H,15,20)(H,16,19). The number of benzene rings is 1. The number of amides is 3. The van der Waals surface area contributed by atoms with Gasteiger partial charge in [-0.2, -0.15) is 0 Å². The van der Waals surface area contributed by atoms with Crippen molar-refractivity contribution in [2.24, 2.45) is 0 Å². The van der Waals surface area contributed by atoms with E-state index in [0.29, 0.717) is 13.1 Å². The molecule has 2 saturated heterocycles. The average molecular weight is 274 g/mol. The second-order valence-corrected chi connectivity index (χ2v) is 5.50. The van der Waals surface area contributed by atoms with Crippen LogP contribution in [-0.2, 0) is 4.79 Å². The lowest BCUT2D eigenvalue weighted by atomic mass is 9.89. The molecule has 106 valence electrons. The number of carbonyl (C=O) groups is 2. The van der Waals surface area contributed by atoms with Gasteiger partial charge in [-0.05, 0) is 12.1 Å². The van der Waals surface area contributed by atoms with Gasteiger partial charge in [0, 0.05) is 32.4 Å². The molecule has 2 N–H and O–H groups in total. The lowest BCUT2D eigenvalue weighted by Gasteiger charge is -2.50. The van der Waals surface area contributed by atoms with Gasteiger partial charge in [0.15, 0.2) is 0 Å². The van der Waals surface area contributed by atoms with Gasteiger partial charge in [-0.3, -0.25) is 9.69 Å². The molecule has 6 heteroatoms. The normalized spacial score (nSPS) is 20.6. The summed E-state index contributed by atoms with van der Waals surface area (Å²) in [7, 11) is 1.81. The summed E-state index contributed by atoms with van der Waals surface area (Å²) < 4.78 is 0. The first-order valence-corrected chi connectivity index (χ1v) is 6.68. The van der Waals surface area contributed by atoms with Crippen LogP contribution in [-0.4, -0.2) is 60.5 Å². The molecule has 0 aromatic heterocycles. The SMILES string of the molecule is CN1C(=O)NCC12CN(CC(=O)Nc1ccccc1)C2. The molecule has 2 aliphatic rings. The fraction of sp³-hybridized carbons (Fsp3) is 0.429. The van der Waals surface area contributed by atoms with Crippen LogP contribution in [0.15, 0.2) is 30.3 Å². The number of rotatable bonds is 3. The minimum Gasteiger partial charge on any atom is -0.336 e. The first kappa shape index (κ1) is 12.9. The lowest BCUT2D eigenvalue weighted by molar-refractivity contribution is -0.120. The largest absolute Gasteiger partial charge is 0.336 e. The molecule has 0 aliphatic carbocycles. The zero-order valence-corrected chi connectivity index (χ0v) is 11.4. The van der Waals surface area contributed by atoms with Crippen LogP contribution in [0.25, 0.3) is 0 Å². The average Bonchev–Trinajstić information content (AvgIpc) is 2.68. The maximum absolute atomic E-state index is 11.9. The van der Waals surface area contributed by atoms with E-state index in [2.05, 4.69) is 15.5 Å². The fourth-order valence-electron chi connectivity index (χ4n) is 2.84. The predicted octanol–water partition coefficient (Wildman–Crippen LogP) is 0.335. The number of carbonyl (C=O) groups excluding carboxylic acids is 2. The van der Waals surface area contributed by atoms with Crippen LogP contribution in [0, 0.1) is 0 Å². The van der Waals surface area contributed by atoms with Gasteiger partial charge >= 0.3 is 6.03 Å². The molecule has 1 spiro atoms. The highest BCUT2D eigenvalue weighted by molar-refractivity contribution is 5.92. The third-order valence-electron chi connectivity index (χ3n) is 4.05. The van der Waals surface area contributed by atoms with Crippen LogP contribution in [0.1, 0.15) is 0 Å². The number of hydrogen-bond donors (Lipinski definition) is 2. The molecule has 2 aliphatic heterocycles. The summed E-state index contributed by atoms with van der Waals surface area (Å²) in [6.07, 6.45) is 0. The van der Waals surface area contributed by atoms with Crippen LogP contribution in [0.4, 0.5) is 10.5 Å². The smallest absolute Gasteiger partial charge is 0.317 e. The summed E-state index contributed by atoms with van der Waals surface area (Å²) in [5, 5.41) is 5.70. The molecule has 2 heterocycles. The van der Waals surface area contributed by atoms with Gasteiger partial charge < -0.3 is 15.5 Å². The third-order valence-corrected chi connectivity index (χ3v) is 4.05. The molecule has 2 fully saturated rings. The van der Waals surface area contributed by atoms with Crippen molar-refractivity contribution < 1.29 is 9.59 Å². The maximum Gasteiger partial charge on any atom is 0.317 e. The van der Waals surface area contributed by atoms with Crippen molar-refractivity contribution in [1.29, 1.82) is 0 Å². The topological polar surface area (TPSA) is 64.7 Å². The Balaban J connectivity index is 1.49. The van der Waals surface area contributed by atoms with Crippen molar-refractivity contribution >= 4 is 17.6 Å². The van der Waals surface area contributed by atoms with Crippen molar-refractivity contribution in [2.75, 3.05) is 38.5 Å². The summed E-state index contributed by atoms with van der Waals surface area (Å²) in [4.78, 5) is 27.2. The summed E-state index contributed by atoms with van der Waals surface area (Å²) in [6.45, 7) is 2.51. The van der Waals surface area contributed by atoms with E-state index in [1.165, 1.54) is 0 Å². The van der Waals surface area contributed by atoms with Crippen LogP contribution in [0.2, 0.25) is 0 Å². The molecule has 0 unspecified atom stereocenters. The third kappa shape index (κ3) is 2.22. The Morgan fingerprint density at radius 1 is 1.35 bits per heavy atom. The minimum atomic E-state index is -0.121. The highest BCUT2D eigenvalue weighted by Gasteiger charge is 2.52. The summed E-state index contributed by atoms with van der Waals surface area (Å²) in [6, 6.07) is 9.39. The van der Waals surface area contributed by atoms with E-state index >= 15 is 0 Å². The van der Waals surface area contributed by atoms with Crippen LogP contribution in [0.5, 0.6) is 0 Å². The molecule has 1 aromatic carbocycles. The molecule has 1 aromatic rings. The number of anilines is 1. The van der Waals surface area contributed by atoms with E-state index in [4.69, 9.17) is 0 Å². The van der Waals surface area contributed by atoms with E-state index in [9.17, 15) is 9.59 Å². The van der Waals surface area contributed by atoms with E-state index in [1.807, 2.05) is 37.4 Å². The first-order chi connectivity index (χ1) is 9.59. The Morgan fingerprint density at radius 3 is 2.65 bits per heavy atom. The van der Waals surface area contributed by atoms with Gasteiger partial charge in [0.05, 0.1) is 12.1 Å². The van der Waals surface area contributed by atoms with Crippen molar-refractivity contribution in [1.82, 2.24) is 15.1 Å². The number of para-hydroxylation sites is 1. The number of hydrogen-bond acceptors (Lipinski definition) is 3. The van der Waals surface area contributed by atoms with Gasteiger partial charge in [0.25, 0.3) is 0 Å². The zero-order valence-electron chi connectivity index (χ0n) is 11.4. The lowest BCUT2D eigenvalue weighted by Crippen LogP contribution is -2.69. The molecule has 0 bridgehead atoms. The molecular weight excluding hydrogens is 256 g/mol. The number of likely N-dealkylation sites (tertiary alicyclic amines) is 1. The minimum absolute atomic E-state index is 0.0222. The Labute approximate surface area is 117 Å². The molecular formula is C14H18N4O2. The Morgan fingerprint density at radius 2 is 2.05 bits per heavy atom. The van der Waals surface area contributed by atoms with Crippen molar-refractivity contribution in [2.45, 2.75) is 5.54 Å². The van der Waals surface area contributed by atoms with E-state index < -0.39 is 0 Å². The first-order valence-electron chi connectivity index (χ1n) is 6.68. The van der Waals surface area contributed by atoms with E-state index in [1.54, 1.807) is 4.90 Å². The number of nitrogens with one attached hydrogen (secondary N) is 2. The van der Waals surface area contributed by atoms with Crippen molar-refractivity contribution in [3.8, 4) is 0 Å². The van der Waals surface area contributed by atoms with Crippen molar-refractivity contribution in [3.05, 3.63) is 30.3 Å². The highest BCUT2D eigenvalue weighted by Crippen LogP contribution is 2.29. The number of likely N-dealkylation sites (N-methyl/N-ethyl adjacent to an activating group) is 1. The van der Waals surface area contributed by atoms with Gasteiger partial charge in [-0.15, -0.1) is 0 Å². The maximum atomic E-state index is 11.9. The Hall–Kier alpha value is -2.08. The number of urea groups is 1.